The second-order valence-electron chi connectivity index (χ2n) is 5.17. The van der Waals surface area contributed by atoms with Crippen molar-refractivity contribution in [2.45, 2.75) is 13.3 Å². The lowest BCUT2D eigenvalue weighted by atomic mass is 10.2. The zero-order valence-electron chi connectivity index (χ0n) is 13.1. The fourth-order valence-electron chi connectivity index (χ4n) is 2.06. The molecule has 5 nitrogen and oxygen atoms in total. The van der Waals surface area contributed by atoms with Gasteiger partial charge < -0.3 is 9.47 Å². The van der Waals surface area contributed by atoms with E-state index in [-0.39, 0.29) is 24.8 Å². The fraction of sp³-hybridized carbons (Fsp3) is 0.111. The highest BCUT2D eigenvalue weighted by Gasteiger charge is 2.11. The van der Waals surface area contributed by atoms with Crippen LogP contribution in [0.1, 0.15) is 16.1 Å². The number of esters is 1. The van der Waals surface area contributed by atoms with Crippen LogP contribution in [0.5, 0.6) is 5.75 Å². The molecular weight excluding hydrogens is 330 g/mol. The molecule has 0 aliphatic heterocycles. The Morgan fingerprint density at radius 2 is 1.84 bits per heavy atom. The first-order valence-corrected chi connectivity index (χ1v) is 7.43. The lowest BCUT2D eigenvalue weighted by molar-refractivity contribution is 0.0463. The van der Waals surface area contributed by atoms with Crippen molar-refractivity contribution in [2.24, 2.45) is 0 Å². The quantitative estimate of drug-likeness (QED) is 0.642. The Balaban J connectivity index is 1.53. The zero-order chi connectivity index (χ0) is 17.6. The van der Waals surface area contributed by atoms with E-state index in [0.717, 1.165) is 0 Å². The number of rotatable bonds is 6. The van der Waals surface area contributed by atoms with E-state index < -0.39 is 11.8 Å². The average Bonchev–Trinajstić information content (AvgIpc) is 3.08. The van der Waals surface area contributed by atoms with Crippen molar-refractivity contribution in [3.8, 4) is 5.75 Å². The maximum Gasteiger partial charge on any atom is 0.359 e. The second kappa shape index (κ2) is 7.57. The number of carbonyl (C=O) groups is 1. The Morgan fingerprint density at radius 3 is 2.60 bits per heavy atom. The predicted molar refractivity (Wildman–Crippen MR) is 84.8 cm³/mol. The number of halogens is 2. The number of hydrogen-bond acceptors (Lipinski definition) is 4. The van der Waals surface area contributed by atoms with Gasteiger partial charge in [-0.2, -0.15) is 5.10 Å². The monoisotopic (exact) mass is 344 g/mol. The molecule has 0 saturated heterocycles. The summed E-state index contributed by atoms with van der Waals surface area (Å²) in [6.45, 7) is 0.0122. The van der Waals surface area contributed by atoms with Crippen molar-refractivity contribution in [3.63, 3.8) is 0 Å². The molecule has 0 aliphatic rings. The first-order valence-electron chi connectivity index (χ1n) is 7.43. The fourth-order valence-corrected chi connectivity index (χ4v) is 2.06. The molecule has 3 aromatic rings. The van der Waals surface area contributed by atoms with Crippen molar-refractivity contribution in [3.05, 3.63) is 83.7 Å². The molecule has 0 aliphatic carbocycles. The molecule has 0 amide bonds. The second-order valence-corrected chi connectivity index (χ2v) is 5.17. The van der Waals surface area contributed by atoms with Crippen molar-refractivity contribution in [2.75, 3.05) is 0 Å². The summed E-state index contributed by atoms with van der Waals surface area (Å²) in [4.78, 5) is 12.0. The maximum absolute atomic E-state index is 13.1. The van der Waals surface area contributed by atoms with Crippen LogP contribution in [0.2, 0.25) is 0 Å². The van der Waals surface area contributed by atoms with Crippen LogP contribution in [0.3, 0.4) is 0 Å². The van der Waals surface area contributed by atoms with Crippen LogP contribution in [0.15, 0.2) is 60.8 Å². The van der Waals surface area contributed by atoms with Gasteiger partial charge >= 0.3 is 5.97 Å². The number of ether oxygens (including phenoxy) is 2. The number of hydrogen-bond donors (Lipinski definition) is 0. The summed E-state index contributed by atoms with van der Waals surface area (Å²) >= 11 is 0. The maximum atomic E-state index is 13.1. The normalized spacial score (nSPS) is 10.5. The van der Waals surface area contributed by atoms with Gasteiger partial charge in [-0.25, -0.2) is 18.3 Å². The van der Waals surface area contributed by atoms with Gasteiger partial charge in [-0.1, -0.05) is 12.1 Å². The molecular formula is C18H14F2N2O3. The summed E-state index contributed by atoms with van der Waals surface area (Å²) < 4.78 is 37.8. The Hall–Kier alpha value is -3.22. The molecule has 2 aromatic carbocycles. The summed E-state index contributed by atoms with van der Waals surface area (Å²) in [7, 11) is 0. The minimum absolute atomic E-state index is 0.0461. The van der Waals surface area contributed by atoms with Crippen LogP contribution in [0.4, 0.5) is 8.78 Å². The van der Waals surface area contributed by atoms with Crippen LogP contribution >= 0.6 is 0 Å². The molecule has 0 N–H and O–H groups in total. The Labute approximate surface area is 142 Å². The summed E-state index contributed by atoms with van der Waals surface area (Å²) in [6, 6.07) is 12.9. The van der Waals surface area contributed by atoms with Gasteiger partial charge in [0.05, 0.1) is 0 Å². The molecule has 7 heteroatoms. The summed E-state index contributed by atoms with van der Waals surface area (Å²) in [6.07, 6.45) is 1.56. The minimum Gasteiger partial charge on any atom is -0.471 e. The molecule has 25 heavy (non-hydrogen) atoms. The minimum atomic E-state index is -0.621. The van der Waals surface area contributed by atoms with Crippen molar-refractivity contribution in [1.82, 2.24) is 9.78 Å². The summed E-state index contributed by atoms with van der Waals surface area (Å²) in [5.74, 6) is -0.887. The van der Waals surface area contributed by atoms with Gasteiger partial charge in [0.25, 0.3) is 0 Å². The number of carbonyl (C=O) groups excluding carboxylic acids is 1. The van der Waals surface area contributed by atoms with Gasteiger partial charge in [-0.15, -0.1) is 0 Å². The molecule has 0 spiro atoms. The molecule has 3 rings (SSSR count). The van der Waals surface area contributed by atoms with Gasteiger partial charge in [0.15, 0.2) is 12.4 Å². The van der Waals surface area contributed by atoms with Gasteiger partial charge in [-0.3, -0.25) is 0 Å². The third kappa shape index (κ3) is 4.63. The summed E-state index contributed by atoms with van der Waals surface area (Å²) in [5.41, 5.74) is 0.659. The lowest BCUT2D eigenvalue weighted by Gasteiger charge is -2.06. The average molecular weight is 344 g/mol. The molecule has 0 bridgehead atoms. The smallest absolute Gasteiger partial charge is 0.359 e. The van der Waals surface area contributed by atoms with Crippen molar-refractivity contribution >= 4 is 5.97 Å². The van der Waals surface area contributed by atoms with Gasteiger partial charge in [0.2, 0.25) is 0 Å². The Bertz CT molecular complexity index is 863. The molecule has 1 aromatic heterocycles. The standard InChI is InChI=1S/C18H14F2N2O3/c19-14-4-6-16(7-5-14)25-12-22-9-8-17(21-22)18(23)24-11-13-2-1-3-15(20)10-13/h1-10H,11-12H2. The molecule has 0 atom stereocenters. The van der Waals surface area contributed by atoms with E-state index in [0.29, 0.717) is 11.3 Å². The van der Waals surface area contributed by atoms with E-state index in [1.165, 1.54) is 47.1 Å². The van der Waals surface area contributed by atoms with Gasteiger partial charge in [0.1, 0.15) is 24.0 Å². The molecule has 1 heterocycles. The van der Waals surface area contributed by atoms with Crippen LogP contribution in [-0.4, -0.2) is 15.7 Å². The molecule has 0 saturated carbocycles. The van der Waals surface area contributed by atoms with E-state index in [1.54, 1.807) is 18.3 Å². The molecule has 0 radical (unpaired) electrons. The predicted octanol–water partition coefficient (Wildman–Crippen LogP) is 3.55. The van der Waals surface area contributed by atoms with Gasteiger partial charge in [-0.05, 0) is 48.0 Å². The van der Waals surface area contributed by atoms with Crippen molar-refractivity contribution < 1.29 is 23.0 Å². The molecule has 128 valence electrons. The highest BCUT2D eigenvalue weighted by Crippen LogP contribution is 2.12. The Morgan fingerprint density at radius 1 is 1.04 bits per heavy atom. The number of aromatic nitrogens is 2. The van der Waals surface area contributed by atoms with Gasteiger partial charge in [0, 0.05) is 6.20 Å². The third-order valence-corrected chi connectivity index (χ3v) is 3.29. The van der Waals surface area contributed by atoms with Crippen LogP contribution in [-0.2, 0) is 18.1 Å². The van der Waals surface area contributed by atoms with Crippen LogP contribution in [0, 0.1) is 11.6 Å². The van der Waals surface area contributed by atoms with E-state index >= 15 is 0 Å². The molecule has 0 unspecified atom stereocenters. The van der Waals surface area contributed by atoms with E-state index in [4.69, 9.17) is 9.47 Å². The first-order chi connectivity index (χ1) is 12.1. The lowest BCUT2D eigenvalue weighted by Crippen LogP contribution is -2.10. The van der Waals surface area contributed by atoms with Crippen LogP contribution < -0.4 is 4.74 Å². The number of benzene rings is 2. The number of nitrogens with zero attached hydrogens (tertiary/aromatic N) is 2. The van der Waals surface area contributed by atoms with E-state index in [2.05, 4.69) is 5.10 Å². The third-order valence-electron chi connectivity index (χ3n) is 3.29. The highest BCUT2D eigenvalue weighted by atomic mass is 19.1. The zero-order valence-corrected chi connectivity index (χ0v) is 13.1. The van der Waals surface area contributed by atoms with E-state index in [1.807, 2.05) is 0 Å². The highest BCUT2D eigenvalue weighted by molar-refractivity contribution is 5.87. The van der Waals surface area contributed by atoms with Crippen molar-refractivity contribution in [1.29, 1.82) is 0 Å². The molecule has 0 fully saturated rings. The SMILES string of the molecule is O=C(OCc1cccc(F)c1)c1ccn(COc2ccc(F)cc2)n1. The van der Waals surface area contributed by atoms with Crippen LogP contribution in [0.25, 0.3) is 0 Å². The largest absolute Gasteiger partial charge is 0.471 e. The van der Waals surface area contributed by atoms with E-state index in [9.17, 15) is 13.6 Å². The topological polar surface area (TPSA) is 53.4 Å². The first kappa shape index (κ1) is 16.6. The summed E-state index contributed by atoms with van der Waals surface area (Å²) in [5, 5.41) is 4.04. The Kier molecular flexibility index (Phi) is 5.03.